The number of hydrogen-bond acceptors (Lipinski definition) is 6. The number of aromatic nitrogens is 1. The Bertz CT molecular complexity index is 1030. The zero-order valence-electron chi connectivity index (χ0n) is 18.5. The number of amides is 1. The van der Waals surface area contributed by atoms with Crippen LogP contribution in [0.2, 0.25) is 0 Å². The van der Waals surface area contributed by atoms with Crippen molar-refractivity contribution in [3.8, 4) is 5.75 Å². The molecule has 1 aromatic heterocycles. The fourth-order valence-electron chi connectivity index (χ4n) is 3.22. The lowest BCUT2D eigenvalue weighted by molar-refractivity contribution is -0.117. The van der Waals surface area contributed by atoms with Crippen LogP contribution in [-0.4, -0.2) is 54.6 Å². The Morgan fingerprint density at radius 1 is 1.34 bits per heavy atom. The third-order valence-electron chi connectivity index (χ3n) is 5.09. The van der Waals surface area contributed by atoms with Gasteiger partial charge in [0.25, 0.3) is 5.91 Å². The number of pyridine rings is 1. The van der Waals surface area contributed by atoms with E-state index in [2.05, 4.69) is 20.9 Å². The minimum Gasteiger partial charge on any atom is -0.490 e. The smallest absolute Gasteiger partial charge is 0.256 e. The Kier molecular flexibility index (Phi) is 8.13. The molecule has 2 aromatic rings. The third kappa shape index (κ3) is 6.02. The van der Waals surface area contributed by atoms with Gasteiger partial charge in [0.15, 0.2) is 0 Å². The number of carbonyl (C=O) groups is 1. The molecule has 0 unspecified atom stereocenters. The van der Waals surface area contributed by atoms with Crippen molar-refractivity contribution in [3.63, 3.8) is 0 Å². The zero-order chi connectivity index (χ0) is 23.1. The molecule has 0 aliphatic carbocycles. The van der Waals surface area contributed by atoms with E-state index in [9.17, 15) is 9.18 Å². The largest absolute Gasteiger partial charge is 0.490 e. The van der Waals surface area contributed by atoms with Crippen molar-refractivity contribution in [2.24, 2.45) is 0 Å². The molecule has 2 heterocycles. The fraction of sp³-hybridized carbons (Fsp3) is 0.348. The average molecular weight is 458 g/mol. The number of hydrogen-bond donors (Lipinski definition) is 3. The maximum Gasteiger partial charge on any atom is 0.256 e. The van der Waals surface area contributed by atoms with Crippen molar-refractivity contribution >= 4 is 28.8 Å². The predicted molar refractivity (Wildman–Crippen MR) is 127 cm³/mol. The van der Waals surface area contributed by atoms with Gasteiger partial charge in [-0.05, 0) is 39.2 Å². The van der Waals surface area contributed by atoms with E-state index in [0.29, 0.717) is 48.7 Å². The molecule has 7 nitrogen and oxygen atoms in total. The minimum absolute atomic E-state index is 0.246. The Morgan fingerprint density at radius 3 is 2.94 bits per heavy atom. The number of halogens is 1. The number of ether oxygens (including phenoxy) is 1. The molecule has 3 rings (SSSR count). The van der Waals surface area contributed by atoms with Gasteiger partial charge in [-0.15, -0.1) is 0 Å². The summed E-state index contributed by atoms with van der Waals surface area (Å²) in [5.41, 5.74) is 3.00. The second-order valence-electron chi connectivity index (χ2n) is 7.71. The van der Waals surface area contributed by atoms with E-state index in [-0.39, 0.29) is 16.7 Å². The summed E-state index contributed by atoms with van der Waals surface area (Å²) >= 11 is 5.52. The van der Waals surface area contributed by atoms with Crippen LogP contribution in [0.1, 0.15) is 17.5 Å². The van der Waals surface area contributed by atoms with Gasteiger partial charge in [-0.3, -0.25) is 9.78 Å². The summed E-state index contributed by atoms with van der Waals surface area (Å²) in [7, 11) is 3.97. The lowest BCUT2D eigenvalue weighted by Crippen LogP contribution is -2.39. The number of anilines is 1. The Morgan fingerprint density at radius 2 is 2.16 bits per heavy atom. The molecule has 170 valence electrons. The van der Waals surface area contributed by atoms with Crippen LogP contribution in [0.3, 0.4) is 0 Å². The first kappa shape index (κ1) is 23.6. The van der Waals surface area contributed by atoms with Crippen LogP contribution in [0, 0.1) is 12.7 Å². The monoisotopic (exact) mass is 457 g/mol. The van der Waals surface area contributed by atoms with E-state index in [4.69, 9.17) is 17.0 Å². The highest BCUT2D eigenvalue weighted by Gasteiger charge is 2.24. The highest BCUT2D eigenvalue weighted by molar-refractivity contribution is 7.81. The normalized spacial score (nSPS) is 13.7. The number of thiocarbonyl (C=S) groups is 1. The van der Waals surface area contributed by atoms with Crippen molar-refractivity contribution in [3.05, 3.63) is 64.9 Å². The maximum absolute atomic E-state index is 13.9. The van der Waals surface area contributed by atoms with Crippen molar-refractivity contribution in [1.29, 1.82) is 0 Å². The van der Waals surface area contributed by atoms with Crippen LogP contribution in [0.15, 0.2) is 47.9 Å². The topological polar surface area (TPSA) is 78.5 Å². The first-order chi connectivity index (χ1) is 15.4. The van der Waals surface area contributed by atoms with Gasteiger partial charge in [-0.2, -0.15) is 0 Å². The van der Waals surface area contributed by atoms with Crippen molar-refractivity contribution in [2.45, 2.75) is 19.9 Å². The Balaban J connectivity index is 1.76. The summed E-state index contributed by atoms with van der Waals surface area (Å²) in [6.07, 6.45) is 4.00. The van der Waals surface area contributed by atoms with Gasteiger partial charge in [-0.25, -0.2) is 4.39 Å². The summed E-state index contributed by atoms with van der Waals surface area (Å²) in [6.45, 7) is 3.96. The van der Waals surface area contributed by atoms with E-state index in [1.54, 1.807) is 31.5 Å². The van der Waals surface area contributed by atoms with E-state index < -0.39 is 0 Å². The minimum atomic E-state index is -0.335. The molecule has 0 bridgehead atoms. The molecule has 0 saturated heterocycles. The molecule has 1 amide bonds. The summed E-state index contributed by atoms with van der Waals surface area (Å²) in [5.74, 6) is 0.0977. The molecule has 0 saturated carbocycles. The van der Waals surface area contributed by atoms with Crippen LogP contribution >= 0.6 is 12.2 Å². The van der Waals surface area contributed by atoms with Gasteiger partial charge in [0, 0.05) is 54.8 Å². The van der Waals surface area contributed by atoms with E-state index in [0.717, 1.165) is 17.8 Å². The molecular formula is C23H28FN5O2S. The average Bonchev–Trinajstić information content (AvgIpc) is 2.76. The second-order valence-corrected chi connectivity index (χ2v) is 8.12. The van der Waals surface area contributed by atoms with Gasteiger partial charge >= 0.3 is 0 Å². The first-order valence-corrected chi connectivity index (χ1v) is 10.8. The quantitative estimate of drug-likeness (QED) is 0.500. The first-order valence-electron chi connectivity index (χ1n) is 10.4. The number of nitrogens with one attached hydrogen (secondary N) is 3. The highest BCUT2D eigenvalue weighted by atomic mass is 32.1. The lowest BCUT2D eigenvalue weighted by Gasteiger charge is -2.24. The lowest BCUT2D eigenvalue weighted by atomic mass is 10.1. The molecule has 0 atom stereocenters. The molecular weight excluding hydrogens is 429 g/mol. The second kappa shape index (κ2) is 11.0. The summed E-state index contributed by atoms with van der Waals surface area (Å²) in [4.78, 5) is 19.1. The molecule has 1 aliphatic rings. The van der Waals surface area contributed by atoms with Gasteiger partial charge in [0.1, 0.15) is 23.2 Å². The van der Waals surface area contributed by atoms with Gasteiger partial charge in [0.05, 0.1) is 11.8 Å². The molecule has 9 heteroatoms. The van der Waals surface area contributed by atoms with Crippen molar-refractivity contribution in [2.75, 3.05) is 39.1 Å². The van der Waals surface area contributed by atoms with E-state index in [1.165, 1.54) is 6.07 Å². The van der Waals surface area contributed by atoms with Crippen molar-refractivity contribution in [1.82, 2.24) is 20.5 Å². The molecule has 0 spiro atoms. The van der Waals surface area contributed by atoms with Gasteiger partial charge in [-0.1, -0.05) is 18.3 Å². The van der Waals surface area contributed by atoms with Crippen LogP contribution in [0.4, 0.5) is 10.1 Å². The van der Waals surface area contributed by atoms with Crippen LogP contribution in [0.25, 0.3) is 0 Å². The van der Waals surface area contributed by atoms with Crippen LogP contribution in [-0.2, 0) is 11.3 Å². The molecule has 1 aromatic carbocycles. The van der Waals surface area contributed by atoms with Crippen LogP contribution < -0.4 is 20.7 Å². The zero-order valence-corrected chi connectivity index (χ0v) is 19.3. The summed E-state index contributed by atoms with van der Waals surface area (Å²) < 4.78 is 19.8. The highest BCUT2D eigenvalue weighted by Crippen LogP contribution is 2.22. The van der Waals surface area contributed by atoms with Gasteiger partial charge < -0.3 is 25.6 Å². The fourth-order valence-corrected chi connectivity index (χ4v) is 3.55. The predicted octanol–water partition coefficient (Wildman–Crippen LogP) is 2.77. The number of rotatable bonds is 9. The summed E-state index contributed by atoms with van der Waals surface area (Å²) in [5, 5.41) is 9.20. The molecule has 1 aliphatic heterocycles. The molecule has 32 heavy (non-hydrogen) atoms. The summed E-state index contributed by atoms with van der Waals surface area (Å²) in [6, 6.07) is 6.60. The Hall–Kier alpha value is -3.04. The number of likely N-dealkylation sites (N-methyl/N-ethyl adjacent to an activating group) is 1. The molecule has 0 radical (unpaired) electrons. The molecule has 3 N–H and O–H groups in total. The Labute approximate surface area is 193 Å². The number of benzene rings is 1. The van der Waals surface area contributed by atoms with Crippen molar-refractivity contribution < 1.29 is 13.9 Å². The maximum atomic E-state index is 13.9. The van der Waals surface area contributed by atoms with E-state index in [1.807, 2.05) is 25.1 Å². The number of nitrogens with zero attached hydrogens (tertiary/aromatic N) is 2. The van der Waals surface area contributed by atoms with Crippen LogP contribution in [0.5, 0.6) is 5.75 Å². The third-order valence-corrected chi connectivity index (χ3v) is 5.40. The standard InChI is InChI=1S/C23H28FN5O2S/c1-15-17(24)5-4-6-18(15)28-23(32)21-19(8-10-26-22(21)30)27-13-16-7-9-25-14-20(16)31-12-11-29(2)3/h4-7,9,14,27H,8,10-13H2,1-3H3,(H,26,30)(H,28,32). The van der Waals surface area contributed by atoms with E-state index >= 15 is 0 Å². The van der Waals surface area contributed by atoms with Gasteiger partial charge in [0.2, 0.25) is 0 Å². The SMILES string of the molecule is Cc1c(F)cccc1NC(=S)C1=C(NCc2ccncc2OCCN(C)C)CCNC1=O. The number of carbonyl (C=O) groups excluding carboxylic acids is 1. The molecule has 0 fully saturated rings.